The average Bonchev–Trinajstić information content (AvgIpc) is 3.01. The Bertz CT molecular complexity index is 521. The lowest BCUT2D eigenvalue weighted by atomic mass is 10.1. The highest BCUT2D eigenvalue weighted by molar-refractivity contribution is 5.94. The molecule has 4 nitrogen and oxygen atoms in total. The van der Waals surface area contributed by atoms with Crippen LogP contribution in [0.5, 0.6) is 0 Å². The number of benzene rings is 1. The molecular weight excluding hydrogens is 271 g/mol. The molecule has 1 N–H and O–H groups in total. The lowest BCUT2D eigenvalue weighted by molar-refractivity contribution is 0.0692. The van der Waals surface area contributed by atoms with Gasteiger partial charge in [0.15, 0.2) is 0 Å². The molecule has 0 atom stereocenters. The van der Waals surface area contributed by atoms with E-state index in [-0.39, 0.29) is 5.56 Å². The van der Waals surface area contributed by atoms with E-state index in [0.717, 1.165) is 26.2 Å². The maximum absolute atomic E-state index is 13.8. The topological polar surface area (TPSA) is 43.8 Å². The quantitative estimate of drug-likeness (QED) is 0.930. The van der Waals surface area contributed by atoms with Gasteiger partial charge in [-0.25, -0.2) is 9.18 Å². The molecule has 0 amide bonds. The predicted molar refractivity (Wildman–Crippen MR) is 79.4 cm³/mol. The fourth-order valence-corrected chi connectivity index (χ4v) is 3.59. The third-order valence-corrected chi connectivity index (χ3v) is 4.70. The average molecular weight is 292 g/mol. The molecule has 0 radical (unpaired) electrons. The van der Waals surface area contributed by atoms with Crippen LogP contribution < -0.4 is 4.90 Å². The molecule has 0 spiro atoms. The molecule has 1 heterocycles. The molecule has 114 valence electrons. The maximum atomic E-state index is 13.8. The fourth-order valence-electron chi connectivity index (χ4n) is 3.59. The molecule has 3 rings (SSSR count). The van der Waals surface area contributed by atoms with Crippen LogP contribution in [0.2, 0.25) is 0 Å². The Morgan fingerprint density at radius 3 is 2.43 bits per heavy atom. The third-order valence-electron chi connectivity index (χ3n) is 4.70. The summed E-state index contributed by atoms with van der Waals surface area (Å²) in [6.45, 7) is 3.39. The van der Waals surface area contributed by atoms with Gasteiger partial charge in [-0.2, -0.15) is 0 Å². The van der Waals surface area contributed by atoms with E-state index in [1.54, 1.807) is 12.1 Å². The van der Waals surface area contributed by atoms with Gasteiger partial charge in [0.2, 0.25) is 0 Å². The summed E-state index contributed by atoms with van der Waals surface area (Å²) < 4.78 is 13.8. The zero-order valence-corrected chi connectivity index (χ0v) is 12.1. The number of hydrogen-bond acceptors (Lipinski definition) is 3. The summed E-state index contributed by atoms with van der Waals surface area (Å²) in [5.74, 6) is -1.85. The van der Waals surface area contributed by atoms with Gasteiger partial charge in [-0.3, -0.25) is 4.90 Å². The second-order valence-electron chi connectivity index (χ2n) is 5.90. The van der Waals surface area contributed by atoms with Gasteiger partial charge in [0.1, 0.15) is 11.4 Å². The first kappa shape index (κ1) is 14.3. The number of nitrogens with zero attached hydrogens (tertiary/aromatic N) is 2. The van der Waals surface area contributed by atoms with Crippen LogP contribution in [0.25, 0.3) is 0 Å². The van der Waals surface area contributed by atoms with Crippen LogP contribution in [0, 0.1) is 5.82 Å². The van der Waals surface area contributed by atoms with Gasteiger partial charge >= 0.3 is 5.97 Å². The minimum atomic E-state index is -1.19. The van der Waals surface area contributed by atoms with Crippen molar-refractivity contribution >= 4 is 11.7 Å². The molecule has 2 fully saturated rings. The Morgan fingerprint density at radius 2 is 1.81 bits per heavy atom. The summed E-state index contributed by atoms with van der Waals surface area (Å²) >= 11 is 0. The predicted octanol–water partition coefficient (Wildman–Crippen LogP) is 2.59. The van der Waals surface area contributed by atoms with Crippen molar-refractivity contribution in [1.82, 2.24) is 4.90 Å². The van der Waals surface area contributed by atoms with Gasteiger partial charge in [0.05, 0.1) is 5.69 Å². The summed E-state index contributed by atoms with van der Waals surface area (Å²) in [5.41, 5.74) is 0.306. The van der Waals surface area contributed by atoms with Gasteiger partial charge in [0, 0.05) is 32.2 Å². The van der Waals surface area contributed by atoms with Crippen molar-refractivity contribution in [1.29, 1.82) is 0 Å². The molecule has 1 aromatic rings. The van der Waals surface area contributed by atoms with Gasteiger partial charge in [-0.15, -0.1) is 0 Å². The molecule has 0 aromatic heterocycles. The number of aromatic carboxylic acids is 1. The summed E-state index contributed by atoms with van der Waals surface area (Å²) in [6, 6.07) is 5.19. The first-order chi connectivity index (χ1) is 10.2. The van der Waals surface area contributed by atoms with E-state index in [9.17, 15) is 14.3 Å². The lowest BCUT2D eigenvalue weighted by Crippen LogP contribution is -2.50. The van der Waals surface area contributed by atoms with E-state index in [1.807, 2.05) is 4.90 Å². The number of carbonyl (C=O) groups is 1. The molecule has 1 aromatic carbocycles. The van der Waals surface area contributed by atoms with Gasteiger partial charge in [-0.1, -0.05) is 18.9 Å². The van der Waals surface area contributed by atoms with Crippen LogP contribution in [0.15, 0.2) is 18.2 Å². The highest BCUT2D eigenvalue weighted by Gasteiger charge is 2.28. The Labute approximate surface area is 124 Å². The lowest BCUT2D eigenvalue weighted by Gasteiger charge is -2.39. The molecule has 1 saturated carbocycles. The van der Waals surface area contributed by atoms with E-state index >= 15 is 0 Å². The normalized spacial score (nSPS) is 20.9. The molecule has 5 heteroatoms. The smallest absolute Gasteiger partial charge is 0.340 e. The third kappa shape index (κ3) is 2.88. The number of carboxylic acid groups (broad SMARTS) is 1. The molecular formula is C16H21FN2O2. The Kier molecular flexibility index (Phi) is 4.10. The minimum absolute atomic E-state index is 0.202. The Morgan fingerprint density at radius 1 is 1.14 bits per heavy atom. The highest BCUT2D eigenvalue weighted by atomic mass is 19.1. The van der Waals surface area contributed by atoms with E-state index in [4.69, 9.17) is 0 Å². The SMILES string of the molecule is O=C(O)c1c(F)cccc1N1CCN(C2CCCC2)CC1. The van der Waals surface area contributed by atoms with Crippen LogP contribution in [0.4, 0.5) is 10.1 Å². The first-order valence-electron chi connectivity index (χ1n) is 7.67. The first-order valence-corrected chi connectivity index (χ1v) is 7.67. The Hall–Kier alpha value is -1.62. The molecule has 1 aliphatic heterocycles. The number of rotatable bonds is 3. The van der Waals surface area contributed by atoms with E-state index in [2.05, 4.69) is 4.90 Å². The fraction of sp³-hybridized carbons (Fsp3) is 0.562. The van der Waals surface area contributed by atoms with Crippen molar-refractivity contribution in [3.63, 3.8) is 0 Å². The maximum Gasteiger partial charge on any atom is 0.340 e. The summed E-state index contributed by atoms with van der Waals surface area (Å²) in [4.78, 5) is 15.8. The van der Waals surface area contributed by atoms with Crippen molar-refractivity contribution in [3.8, 4) is 0 Å². The standard InChI is InChI=1S/C16H21FN2O2/c17-13-6-3-7-14(15(13)16(20)21)19-10-8-18(9-11-19)12-4-1-2-5-12/h3,6-7,12H,1-2,4-5,8-11H2,(H,20,21). The molecule has 21 heavy (non-hydrogen) atoms. The number of carboxylic acids is 1. The van der Waals surface area contributed by atoms with Crippen LogP contribution in [-0.4, -0.2) is 48.2 Å². The summed E-state index contributed by atoms with van der Waals surface area (Å²) in [7, 11) is 0. The molecule has 0 unspecified atom stereocenters. The van der Waals surface area contributed by atoms with Crippen LogP contribution in [0.1, 0.15) is 36.0 Å². The van der Waals surface area contributed by atoms with Crippen LogP contribution in [-0.2, 0) is 0 Å². The van der Waals surface area contributed by atoms with Crippen LogP contribution in [0.3, 0.4) is 0 Å². The van der Waals surface area contributed by atoms with Crippen molar-refractivity contribution < 1.29 is 14.3 Å². The number of halogens is 1. The number of hydrogen-bond donors (Lipinski definition) is 1. The van der Waals surface area contributed by atoms with Crippen molar-refractivity contribution in [2.24, 2.45) is 0 Å². The van der Waals surface area contributed by atoms with Crippen LogP contribution >= 0.6 is 0 Å². The zero-order chi connectivity index (χ0) is 14.8. The number of anilines is 1. The second kappa shape index (κ2) is 6.02. The van der Waals surface area contributed by atoms with Gasteiger partial charge in [0.25, 0.3) is 0 Å². The molecule has 1 aliphatic carbocycles. The van der Waals surface area contributed by atoms with Gasteiger partial charge < -0.3 is 10.0 Å². The zero-order valence-electron chi connectivity index (χ0n) is 12.1. The second-order valence-corrected chi connectivity index (χ2v) is 5.90. The van der Waals surface area contributed by atoms with E-state index in [1.165, 1.54) is 31.7 Å². The summed E-state index contributed by atoms with van der Waals surface area (Å²) in [6.07, 6.45) is 5.19. The van der Waals surface area contributed by atoms with Crippen molar-refractivity contribution in [2.75, 3.05) is 31.1 Å². The Balaban J connectivity index is 1.72. The van der Waals surface area contributed by atoms with Gasteiger partial charge in [-0.05, 0) is 25.0 Å². The molecule has 2 aliphatic rings. The molecule has 0 bridgehead atoms. The monoisotopic (exact) mass is 292 g/mol. The molecule has 1 saturated heterocycles. The van der Waals surface area contributed by atoms with Crippen molar-refractivity contribution in [3.05, 3.63) is 29.6 Å². The minimum Gasteiger partial charge on any atom is -0.478 e. The number of piperazine rings is 1. The highest BCUT2D eigenvalue weighted by Crippen LogP contribution is 2.28. The van der Waals surface area contributed by atoms with Crippen molar-refractivity contribution in [2.45, 2.75) is 31.7 Å². The van der Waals surface area contributed by atoms with E-state index in [0.29, 0.717) is 11.7 Å². The summed E-state index contributed by atoms with van der Waals surface area (Å²) in [5, 5.41) is 9.22. The van der Waals surface area contributed by atoms with E-state index < -0.39 is 11.8 Å². The largest absolute Gasteiger partial charge is 0.478 e.